The maximum absolute atomic E-state index is 12.5. The Hall–Kier alpha value is -1.39. The van der Waals surface area contributed by atoms with E-state index in [1.165, 1.54) is 0 Å². The van der Waals surface area contributed by atoms with E-state index in [0.29, 0.717) is 12.8 Å². The Morgan fingerprint density at radius 2 is 2.07 bits per heavy atom. The van der Waals surface area contributed by atoms with Gasteiger partial charge in [-0.2, -0.15) is 13.2 Å². The predicted molar refractivity (Wildman–Crippen MR) is 46.3 cm³/mol. The van der Waals surface area contributed by atoms with Gasteiger partial charge in [0.1, 0.15) is 0 Å². The minimum Gasteiger partial charge on any atom is -0.294 e. The lowest BCUT2D eigenvalue weighted by Crippen LogP contribution is -2.14. The molecule has 0 unspecified atom stereocenters. The third-order valence-corrected chi connectivity index (χ3v) is 2.34. The third kappa shape index (κ3) is 2.00. The van der Waals surface area contributed by atoms with Crippen LogP contribution < -0.4 is 0 Å². The van der Waals surface area contributed by atoms with Gasteiger partial charge in [0.15, 0.2) is 5.78 Å². The third-order valence-electron chi connectivity index (χ3n) is 2.34. The summed E-state index contributed by atoms with van der Waals surface area (Å²) in [4.78, 5) is 15.1. The Kier molecular flexibility index (Phi) is 2.25. The number of nitrogens with zero attached hydrogens (tertiary/aromatic N) is 1. The molecule has 0 N–H and O–H groups in total. The molecule has 80 valence electrons. The minimum absolute atomic E-state index is 0.227. The van der Waals surface area contributed by atoms with Gasteiger partial charge in [0.25, 0.3) is 0 Å². The van der Waals surface area contributed by atoms with Crippen LogP contribution >= 0.6 is 0 Å². The fraction of sp³-hybridized carbons (Fsp3) is 0.400. The first-order valence-corrected chi connectivity index (χ1v) is 4.55. The van der Waals surface area contributed by atoms with Crippen molar-refractivity contribution in [2.24, 2.45) is 5.92 Å². The van der Waals surface area contributed by atoms with E-state index in [4.69, 9.17) is 0 Å². The highest BCUT2D eigenvalue weighted by Crippen LogP contribution is 2.37. The van der Waals surface area contributed by atoms with E-state index >= 15 is 0 Å². The van der Waals surface area contributed by atoms with E-state index in [-0.39, 0.29) is 11.5 Å². The van der Waals surface area contributed by atoms with Crippen LogP contribution in [0.3, 0.4) is 0 Å². The van der Waals surface area contributed by atoms with Crippen molar-refractivity contribution < 1.29 is 18.0 Å². The topological polar surface area (TPSA) is 30.0 Å². The number of ketones is 1. The second-order valence-electron chi connectivity index (χ2n) is 3.56. The number of aromatic nitrogens is 1. The first-order valence-electron chi connectivity index (χ1n) is 4.55. The fourth-order valence-electron chi connectivity index (χ4n) is 1.40. The number of hydrogen-bond acceptors (Lipinski definition) is 2. The van der Waals surface area contributed by atoms with Gasteiger partial charge < -0.3 is 0 Å². The number of carbonyl (C=O) groups excluding carboxylic acids is 1. The molecule has 0 spiro atoms. The Bertz CT molecular complexity index is 396. The average Bonchev–Trinajstić information content (AvgIpc) is 2.98. The van der Waals surface area contributed by atoms with Crippen molar-refractivity contribution in [2.45, 2.75) is 19.0 Å². The Labute approximate surface area is 84.1 Å². The zero-order valence-electron chi connectivity index (χ0n) is 7.71. The van der Waals surface area contributed by atoms with Crippen molar-refractivity contribution in [1.29, 1.82) is 0 Å². The minimum atomic E-state index is -4.48. The van der Waals surface area contributed by atoms with Crippen LogP contribution in [0.1, 0.15) is 28.8 Å². The molecule has 0 radical (unpaired) electrons. The molecule has 0 amide bonds. The summed E-state index contributed by atoms with van der Waals surface area (Å²) < 4.78 is 37.5. The van der Waals surface area contributed by atoms with E-state index in [2.05, 4.69) is 4.98 Å². The highest BCUT2D eigenvalue weighted by atomic mass is 19.4. The van der Waals surface area contributed by atoms with Crippen LogP contribution in [0.25, 0.3) is 0 Å². The highest BCUT2D eigenvalue weighted by molar-refractivity contribution is 6.00. The van der Waals surface area contributed by atoms with Crippen molar-refractivity contribution in [2.75, 3.05) is 0 Å². The molecule has 1 aliphatic carbocycles. The molecule has 0 saturated heterocycles. The smallest absolute Gasteiger partial charge is 0.294 e. The highest BCUT2D eigenvalue weighted by Gasteiger charge is 2.39. The number of Topliss-reactive ketones (excluding diaryl/α,β-unsaturated/α-hetero) is 1. The number of hydrogen-bond donors (Lipinski definition) is 0. The predicted octanol–water partition coefficient (Wildman–Crippen LogP) is 2.69. The van der Waals surface area contributed by atoms with Gasteiger partial charge in [0.05, 0.1) is 5.56 Å². The maximum Gasteiger partial charge on any atom is 0.417 e. The molecule has 1 aromatic heterocycles. The molecule has 1 heterocycles. The van der Waals surface area contributed by atoms with Gasteiger partial charge in [-0.05, 0) is 18.9 Å². The number of pyridine rings is 1. The number of carbonyl (C=O) groups is 1. The molecule has 0 aromatic carbocycles. The first-order chi connectivity index (χ1) is 7.00. The summed E-state index contributed by atoms with van der Waals surface area (Å²) in [5, 5.41) is 0. The van der Waals surface area contributed by atoms with Crippen molar-refractivity contribution in [3.8, 4) is 0 Å². The summed E-state index contributed by atoms with van der Waals surface area (Å²) >= 11 is 0. The van der Waals surface area contributed by atoms with Gasteiger partial charge in [0.2, 0.25) is 0 Å². The number of rotatable bonds is 2. The summed E-state index contributed by atoms with van der Waals surface area (Å²) in [6, 6.07) is 0.843. The molecule has 2 nitrogen and oxygen atoms in total. The van der Waals surface area contributed by atoms with Gasteiger partial charge in [-0.3, -0.25) is 9.78 Å². The standard InChI is InChI=1S/C10H8F3NO/c11-10(12,13)8-3-4-14-5-7(8)9(15)6-1-2-6/h3-6H,1-2H2. The molecule has 1 saturated carbocycles. The van der Waals surface area contributed by atoms with Crippen molar-refractivity contribution >= 4 is 5.78 Å². The van der Waals surface area contributed by atoms with Gasteiger partial charge in [0, 0.05) is 23.9 Å². The summed E-state index contributed by atoms with van der Waals surface area (Å²) in [7, 11) is 0. The van der Waals surface area contributed by atoms with Crippen LogP contribution in [0.5, 0.6) is 0 Å². The van der Waals surface area contributed by atoms with E-state index in [1.54, 1.807) is 0 Å². The lowest BCUT2D eigenvalue weighted by molar-refractivity contribution is -0.138. The zero-order valence-corrected chi connectivity index (χ0v) is 7.71. The van der Waals surface area contributed by atoms with E-state index in [0.717, 1.165) is 18.5 Å². The van der Waals surface area contributed by atoms with Gasteiger partial charge in [-0.15, -0.1) is 0 Å². The molecule has 5 heteroatoms. The average molecular weight is 215 g/mol. The van der Waals surface area contributed by atoms with Crippen molar-refractivity contribution in [1.82, 2.24) is 4.98 Å². The molecule has 15 heavy (non-hydrogen) atoms. The van der Waals surface area contributed by atoms with Crippen LogP contribution in [0.15, 0.2) is 18.5 Å². The van der Waals surface area contributed by atoms with Crippen LogP contribution in [0.4, 0.5) is 13.2 Å². The Balaban J connectivity index is 2.41. The van der Waals surface area contributed by atoms with Gasteiger partial charge >= 0.3 is 6.18 Å². The number of alkyl halides is 3. The Morgan fingerprint density at radius 1 is 1.40 bits per heavy atom. The Morgan fingerprint density at radius 3 is 2.60 bits per heavy atom. The van der Waals surface area contributed by atoms with Gasteiger partial charge in [-0.1, -0.05) is 0 Å². The van der Waals surface area contributed by atoms with Gasteiger partial charge in [-0.25, -0.2) is 0 Å². The van der Waals surface area contributed by atoms with E-state index in [1.807, 2.05) is 0 Å². The quantitative estimate of drug-likeness (QED) is 0.710. The lowest BCUT2D eigenvalue weighted by Gasteiger charge is -2.10. The largest absolute Gasteiger partial charge is 0.417 e. The molecule has 1 fully saturated rings. The van der Waals surface area contributed by atoms with E-state index < -0.39 is 17.5 Å². The lowest BCUT2D eigenvalue weighted by atomic mass is 10.0. The normalized spacial score (nSPS) is 16.5. The fourth-order valence-corrected chi connectivity index (χ4v) is 1.40. The summed E-state index contributed by atoms with van der Waals surface area (Å²) in [5.41, 5.74) is -1.18. The summed E-state index contributed by atoms with van der Waals surface area (Å²) in [6.07, 6.45) is -1.06. The molecule has 0 atom stereocenters. The zero-order chi connectivity index (χ0) is 11.1. The second kappa shape index (κ2) is 3.32. The molecular formula is C10H8F3NO. The van der Waals surface area contributed by atoms with Crippen LogP contribution in [0, 0.1) is 5.92 Å². The van der Waals surface area contributed by atoms with Crippen molar-refractivity contribution in [3.63, 3.8) is 0 Å². The van der Waals surface area contributed by atoms with Crippen LogP contribution in [-0.4, -0.2) is 10.8 Å². The molecular weight excluding hydrogens is 207 g/mol. The molecule has 1 aromatic rings. The molecule has 2 rings (SSSR count). The SMILES string of the molecule is O=C(c1cnccc1C(F)(F)F)C1CC1. The maximum atomic E-state index is 12.5. The second-order valence-corrected chi connectivity index (χ2v) is 3.56. The first kappa shape index (κ1) is 10.1. The van der Waals surface area contributed by atoms with Crippen LogP contribution in [-0.2, 0) is 6.18 Å². The number of halogens is 3. The van der Waals surface area contributed by atoms with Crippen molar-refractivity contribution in [3.05, 3.63) is 29.6 Å². The summed E-state index contributed by atoms with van der Waals surface area (Å²) in [5.74, 6) is -0.661. The monoisotopic (exact) mass is 215 g/mol. The van der Waals surface area contributed by atoms with Crippen LogP contribution in [0.2, 0.25) is 0 Å². The van der Waals surface area contributed by atoms with E-state index in [9.17, 15) is 18.0 Å². The molecule has 0 bridgehead atoms. The molecule has 0 aliphatic heterocycles. The molecule has 1 aliphatic rings. The summed E-state index contributed by atoms with van der Waals surface area (Å²) in [6.45, 7) is 0.